The molecule has 0 aliphatic rings. The van der Waals surface area contributed by atoms with Crippen LogP contribution in [0.3, 0.4) is 0 Å². The molecule has 0 aromatic carbocycles. The summed E-state index contributed by atoms with van der Waals surface area (Å²) in [5.74, 6) is 7.97. The van der Waals surface area contributed by atoms with Gasteiger partial charge in [-0.05, 0) is 12.8 Å². The fraction of sp³-hybridized carbons (Fsp3) is 0.200. The van der Waals surface area contributed by atoms with Crippen molar-refractivity contribution < 1.29 is 9.32 Å². The van der Waals surface area contributed by atoms with E-state index in [2.05, 4.69) is 9.68 Å². The second-order valence-electron chi connectivity index (χ2n) is 1.76. The molecular weight excluding hydrogens is 134 g/mol. The molecule has 1 aromatic heterocycles. The molecule has 2 radical (unpaired) electrons. The fourth-order valence-corrected chi connectivity index (χ4v) is 0.531. The van der Waals surface area contributed by atoms with E-state index in [1.165, 1.54) is 11.5 Å². The number of hydrogen-bond donors (Lipinski definition) is 1. The molecule has 0 atom stereocenters. The summed E-state index contributed by atoms with van der Waals surface area (Å²) in [6, 6.07) is 1.42. The van der Waals surface area contributed by atoms with E-state index in [0.29, 0.717) is 5.76 Å². The molecule has 0 saturated carbocycles. The SMILES string of the molecule is Cc1cc(C(=O)N[N])no1. The Morgan fingerprint density at radius 2 is 2.60 bits per heavy atom. The van der Waals surface area contributed by atoms with Crippen molar-refractivity contribution in [2.45, 2.75) is 6.92 Å². The Bertz CT molecular complexity index is 243. The molecule has 1 N–H and O–H groups in total. The van der Waals surface area contributed by atoms with E-state index >= 15 is 0 Å². The van der Waals surface area contributed by atoms with Crippen LogP contribution in [-0.4, -0.2) is 11.1 Å². The number of carbonyl (C=O) groups excluding carboxylic acids is 1. The number of amides is 1. The minimum atomic E-state index is -0.670. The van der Waals surface area contributed by atoms with Crippen molar-refractivity contribution in [3.05, 3.63) is 17.5 Å². The van der Waals surface area contributed by atoms with Gasteiger partial charge in [0.15, 0.2) is 5.69 Å². The van der Waals surface area contributed by atoms with Crippen molar-refractivity contribution in [3.8, 4) is 0 Å². The second-order valence-corrected chi connectivity index (χ2v) is 1.76. The molecule has 5 heteroatoms. The molecule has 0 saturated heterocycles. The quantitative estimate of drug-likeness (QED) is 0.542. The molecule has 0 bridgehead atoms. The number of hydrogen-bond acceptors (Lipinski definition) is 3. The molecule has 1 rings (SSSR count). The highest BCUT2D eigenvalue weighted by molar-refractivity contribution is 5.91. The zero-order valence-corrected chi connectivity index (χ0v) is 5.29. The Hall–Kier alpha value is -1.36. The van der Waals surface area contributed by atoms with Crippen molar-refractivity contribution in [2.75, 3.05) is 0 Å². The van der Waals surface area contributed by atoms with E-state index in [1.807, 2.05) is 0 Å². The normalized spacial score (nSPS) is 9.40. The summed E-state index contributed by atoms with van der Waals surface area (Å²) < 4.78 is 4.57. The Morgan fingerprint density at radius 3 is 3.00 bits per heavy atom. The average molecular weight is 139 g/mol. The highest BCUT2D eigenvalue weighted by Gasteiger charge is 2.08. The molecule has 1 aromatic rings. The smallest absolute Gasteiger partial charge is 0.290 e. The van der Waals surface area contributed by atoms with E-state index in [-0.39, 0.29) is 5.69 Å². The Morgan fingerprint density at radius 1 is 1.90 bits per heavy atom. The summed E-state index contributed by atoms with van der Waals surface area (Å²) in [5, 5.41) is 3.34. The van der Waals surface area contributed by atoms with Crippen LogP contribution in [0.1, 0.15) is 16.2 Å². The first-order valence-electron chi connectivity index (χ1n) is 2.62. The van der Waals surface area contributed by atoms with Gasteiger partial charge >= 0.3 is 0 Å². The van der Waals surface area contributed by atoms with Crippen molar-refractivity contribution >= 4 is 5.91 Å². The van der Waals surface area contributed by atoms with Gasteiger partial charge < -0.3 is 4.52 Å². The molecule has 0 spiro atoms. The van der Waals surface area contributed by atoms with E-state index in [0.717, 1.165) is 0 Å². The third-order valence-corrected chi connectivity index (χ3v) is 0.962. The maximum absolute atomic E-state index is 10.5. The fourth-order valence-electron chi connectivity index (χ4n) is 0.531. The number of nitrogens with zero attached hydrogens (tertiary/aromatic N) is 2. The van der Waals surface area contributed by atoms with E-state index in [1.54, 1.807) is 6.92 Å². The first-order chi connectivity index (χ1) is 4.74. The lowest BCUT2D eigenvalue weighted by molar-refractivity contribution is 0.0941. The zero-order chi connectivity index (χ0) is 7.56. The Balaban J connectivity index is 2.85. The lowest BCUT2D eigenvalue weighted by Gasteiger charge is -1.85. The average Bonchev–Trinajstić information content (AvgIpc) is 2.34. The van der Waals surface area contributed by atoms with Crippen LogP contribution in [-0.2, 0) is 0 Å². The van der Waals surface area contributed by atoms with Gasteiger partial charge in [-0.1, -0.05) is 5.16 Å². The maximum Gasteiger partial charge on any atom is 0.290 e. The van der Waals surface area contributed by atoms with Crippen LogP contribution in [0, 0.1) is 6.92 Å². The van der Waals surface area contributed by atoms with Crippen molar-refractivity contribution in [1.82, 2.24) is 16.4 Å². The predicted octanol–water partition coefficient (Wildman–Crippen LogP) is -0.303. The first-order valence-corrected chi connectivity index (χ1v) is 2.62. The molecule has 5 nitrogen and oxygen atoms in total. The van der Waals surface area contributed by atoms with Crippen molar-refractivity contribution in [3.63, 3.8) is 0 Å². The first kappa shape index (κ1) is 6.76. The van der Waals surface area contributed by atoms with Gasteiger partial charge in [0.25, 0.3) is 5.91 Å². The lowest BCUT2D eigenvalue weighted by Crippen LogP contribution is -2.20. The summed E-state index contributed by atoms with van der Waals surface area (Å²) in [7, 11) is 0. The molecule has 1 amide bonds. The van der Waals surface area contributed by atoms with Gasteiger partial charge in [-0.3, -0.25) is 4.79 Å². The monoisotopic (exact) mass is 139 g/mol. The summed E-state index contributed by atoms with van der Waals surface area (Å²) >= 11 is 0. The van der Waals surface area contributed by atoms with Gasteiger partial charge in [0.2, 0.25) is 0 Å². The molecule has 1 heterocycles. The predicted molar refractivity (Wildman–Crippen MR) is 30.8 cm³/mol. The molecule has 0 aliphatic carbocycles. The lowest BCUT2D eigenvalue weighted by atomic mass is 10.4. The van der Waals surface area contributed by atoms with Crippen LogP contribution in [0.15, 0.2) is 10.6 Å². The van der Waals surface area contributed by atoms with Gasteiger partial charge in [0.05, 0.1) is 0 Å². The van der Waals surface area contributed by atoms with Gasteiger partial charge in [-0.25, -0.2) is 5.43 Å². The Labute approximate surface area is 57.1 Å². The molecular formula is C5H5N3O2. The van der Waals surface area contributed by atoms with E-state index < -0.39 is 5.91 Å². The third-order valence-electron chi connectivity index (χ3n) is 0.962. The van der Waals surface area contributed by atoms with Gasteiger partial charge in [0.1, 0.15) is 5.76 Å². The minimum absolute atomic E-state index is 0.0694. The van der Waals surface area contributed by atoms with Gasteiger partial charge in [0, 0.05) is 6.07 Å². The van der Waals surface area contributed by atoms with Crippen LogP contribution in [0.2, 0.25) is 0 Å². The van der Waals surface area contributed by atoms with Crippen molar-refractivity contribution in [2.24, 2.45) is 0 Å². The van der Waals surface area contributed by atoms with Gasteiger partial charge in [-0.15, -0.1) is 0 Å². The van der Waals surface area contributed by atoms with Crippen molar-refractivity contribution in [1.29, 1.82) is 0 Å². The summed E-state index contributed by atoms with van der Waals surface area (Å²) in [6.07, 6.45) is 0. The Kier molecular flexibility index (Phi) is 1.68. The minimum Gasteiger partial charge on any atom is -0.361 e. The van der Waals surface area contributed by atoms with Crippen LogP contribution in [0.4, 0.5) is 0 Å². The molecule has 0 fully saturated rings. The highest BCUT2D eigenvalue weighted by Crippen LogP contribution is 1.99. The van der Waals surface area contributed by atoms with Crippen LogP contribution in [0.5, 0.6) is 0 Å². The highest BCUT2D eigenvalue weighted by atomic mass is 16.5. The number of rotatable bonds is 1. The summed E-state index contributed by atoms with van der Waals surface area (Å²) in [6.45, 7) is 1.65. The van der Waals surface area contributed by atoms with E-state index in [9.17, 15) is 4.79 Å². The maximum atomic E-state index is 10.5. The number of nitrogens with one attached hydrogen (secondary N) is 1. The largest absolute Gasteiger partial charge is 0.361 e. The summed E-state index contributed by atoms with van der Waals surface area (Å²) in [5.41, 5.74) is 1.50. The van der Waals surface area contributed by atoms with Crippen LogP contribution >= 0.6 is 0 Å². The molecule has 10 heavy (non-hydrogen) atoms. The topological polar surface area (TPSA) is 77.4 Å². The number of aryl methyl sites for hydroxylation is 1. The van der Waals surface area contributed by atoms with Crippen LogP contribution in [0.25, 0.3) is 0 Å². The second kappa shape index (κ2) is 2.49. The third kappa shape index (κ3) is 1.14. The standard InChI is InChI=1S/C5H5N3O2/c1-3-2-4(8-10-3)5(9)7-6/h2H,1H3,(H,7,9). The number of carbonyl (C=O) groups is 1. The van der Waals surface area contributed by atoms with Crippen LogP contribution < -0.4 is 11.3 Å². The molecule has 0 unspecified atom stereocenters. The molecule has 52 valence electrons. The van der Waals surface area contributed by atoms with Gasteiger partial charge in [-0.2, -0.15) is 0 Å². The zero-order valence-electron chi connectivity index (χ0n) is 5.29. The van der Waals surface area contributed by atoms with E-state index in [4.69, 9.17) is 5.84 Å². The number of aromatic nitrogens is 1. The summed E-state index contributed by atoms with van der Waals surface area (Å²) in [4.78, 5) is 10.5. The molecule has 0 aliphatic heterocycles.